The average molecular weight is 312 g/mol. The number of anilines is 1. The molecule has 0 atom stereocenters. The third kappa shape index (κ3) is 3.65. The third-order valence-electron chi connectivity index (χ3n) is 3.52. The largest absolute Gasteiger partial charge is 0.468 e. The topological polar surface area (TPSA) is 75.9 Å². The van der Waals surface area contributed by atoms with E-state index in [1.54, 1.807) is 23.1 Å². The molecule has 6 nitrogen and oxygen atoms in total. The number of para-hydroxylation sites is 1. The molecule has 21 heavy (non-hydrogen) atoms. The fraction of sp³-hybridized carbons (Fsp3) is 0.429. The molecular formula is C14H18ClN3O3. The molecule has 1 aliphatic heterocycles. The number of benzene rings is 1. The van der Waals surface area contributed by atoms with Crippen LogP contribution in [0, 0.1) is 0 Å². The first-order valence-electron chi connectivity index (χ1n) is 6.65. The second-order valence-corrected chi connectivity index (χ2v) is 5.25. The lowest BCUT2D eigenvalue weighted by Crippen LogP contribution is -2.50. The minimum Gasteiger partial charge on any atom is -0.468 e. The van der Waals surface area contributed by atoms with Crippen molar-refractivity contribution in [3.05, 3.63) is 28.8 Å². The lowest BCUT2D eigenvalue weighted by Gasteiger charge is -2.34. The number of nitrogen functional groups attached to an aromatic ring is 1. The normalized spacial score (nSPS) is 15.8. The highest BCUT2D eigenvalue weighted by atomic mass is 35.5. The Morgan fingerprint density at radius 2 is 1.95 bits per heavy atom. The van der Waals surface area contributed by atoms with Gasteiger partial charge in [-0.2, -0.15) is 0 Å². The number of nitrogens with zero attached hydrogens (tertiary/aromatic N) is 2. The van der Waals surface area contributed by atoms with Gasteiger partial charge in [0.05, 0.1) is 29.9 Å². The maximum Gasteiger partial charge on any atom is 0.319 e. The molecule has 2 rings (SSSR count). The van der Waals surface area contributed by atoms with E-state index >= 15 is 0 Å². The summed E-state index contributed by atoms with van der Waals surface area (Å²) in [6, 6.07) is 5.03. The number of nitrogens with two attached hydrogens (primary N) is 1. The Hall–Kier alpha value is -1.79. The predicted octanol–water partition coefficient (Wildman–Crippen LogP) is 0.853. The number of hydrogen-bond acceptors (Lipinski definition) is 5. The summed E-state index contributed by atoms with van der Waals surface area (Å²) in [5.74, 6) is -0.401. The summed E-state index contributed by atoms with van der Waals surface area (Å²) >= 11 is 5.94. The van der Waals surface area contributed by atoms with Crippen molar-refractivity contribution in [2.45, 2.75) is 0 Å². The van der Waals surface area contributed by atoms with Crippen molar-refractivity contribution in [2.75, 3.05) is 45.6 Å². The molecule has 2 N–H and O–H groups in total. The van der Waals surface area contributed by atoms with Crippen molar-refractivity contribution < 1.29 is 14.3 Å². The summed E-state index contributed by atoms with van der Waals surface area (Å²) in [4.78, 5) is 27.3. The average Bonchev–Trinajstić information content (AvgIpc) is 2.50. The van der Waals surface area contributed by atoms with Gasteiger partial charge in [-0.3, -0.25) is 14.5 Å². The van der Waals surface area contributed by atoms with Gasteiger partial charge in [-0.15, -0.1) is 0 Å². The molecule has 1 saturated heterocycles. The van der Waals surface area contributed by atoms with Crippen molar-refractivity contribution in [2.24, 2.45) is 0 Å². The zero-order chi connectivity index (χ0) is 15.4. The molecule has 0 radical (unpaired) electrons. The number of methoxy groups -OCH3 is 1. The van der Waals surface area contributed by atoms with E-state index in [2.05, 4.69) is 4.74 Å². The van der Waals surface area contributed by atoms with Crippen LogP contribution in [-0.4, -0.2) is 61.5 Å². The summed E-state index contributed by atoms with van der Waals surface area (Å²) < 4.78 is 4.63. The van der Waals surface area contributed by atoms with Crippen LogP contribution < -0.4 is 5.73 Å². The first kappa shape index (κ1) is 15.6. The molecule has 0 aliphatic carbocycles. The standard InChI is InChI=1S/C14H18ClN3O3/c1-21-12(19)9-17-5-7-18(8-6-17)14(20)10-3-2-4-11(15)13(10)16/h2-4H,5-9,16H2,1H3. The molecule has 1 heterocycles. The number of halogens is 1. The van der Waals surface area contributed by atoms with Crippen molar-refractivity contribution in [3.8, 4) is 0 Å². The van der Waals surface area contributed by atoms with Crippen LogP contribution in [0.1, 0.15) is 10.4 Å². The molecule has 0 saturated carbocycles. The number of hydrogen-bond donors (Lipinski definition) is 1. The van der Waals surface area contributed by atoms with Gasteiger partial charge in [0.15, 0.2) is 0 Å². The summed E-state index contributed by atoms with van der Waals surface area (Å²) in [6.07, 6.45) is 0. The summed E-state index contributed by atoms with van der Waals surface area (Å²) in [7, 11) is 1.37. The number of ether oxygens (including phenoxy) is 1. The van der Waals surface area contributed by atoms with Gasteiger partial charge in [-0.25, -0.2) is 0 Å². The molecule has 0 spiro atoms. The summed E-state index contributed by atoms with van der Waals surface area (Å²) in [5.41, 5.74) is 6.58. The molecule has 114 valence electrons. The van der Waals surface area contributed by atoms with Crippen molar-refractivity contribution in [3.63, 3.8) is 0 Å². The van der Waals surface area contributed by atoms with Crippen molar-refractivity contribution in [1.82, 2.24) is 9.80 Å². The van der Waals surface area contributed by atoms with Gasteiger partial charge in [-0.1, -0.05) is 17.7 Å². The van der Waals surface area contributed by atoms with Crippen LogP contribution in [0.5, 0.6) is 0 Å². The van der Waals surface area contributed by atoms with Gasteiger partial charge < -0.3 is 15.4 Å². The fourth-order valence-electron chi connectivity index (χ4n) is 2.25. The van der Waals surface area contributed by atoms with E-state index in [-0.39, 0.29) is 18.4 Å². The number of piperazine rings is 1. The lowest BCUT2D eigenvalue weighted by atomic mass is 10.1. The van der Waals surface area contributed by atoms with E-state index in [0.29, 0.717) is 42.5 Å². The molecule has 0 unspecified atom stereocenters. The Morgan fingerprint density at radius 1 is 1.29 bits per heavy atom. The molecule has 1 fully saturated rings. The molecule has 1 aromatic rings. The minimum atomic E-state index is -0.270. The van der Waals surface area contributed by atoms with Gasteiger partial charge in [0.25, 0.3) is 5.91 Å². The van der Waals surface area contributed by atoms with Crippen LogP contribution in [0.2, 0.25) is 5.02 Å². The molecule has 1 aromatic carbocycles. The zero-order valence-electron chi connectivity index (χ0n) is 11.8. The van der Waals surface area contributed by atoms with Crippen LogP contribution >= 0.6 is 11.6 Å². The van der Waals surface area contributed by atoms with Gasteiger partial charge in [-0.05, 0) is 12.1 Å². The lowest BCUT2D eigenvalue weighted by molar-refractivity contribution is -0.142. The highest BCUT2D eigenvalue weighted by molar-refractivity contribution is 6.33. The first-order valence-corrected chi connectivity index (χ1v) is 7.03. The van der Waals surface area contributed by atoms with Gasteiger partial charge >= 0.3 is 5.97 Å². The molecule has 0 aromatic heterocycles. The van der Waals surface area contributed by atoms with Crippen molar-refractivity contribution >= 4 is 29.2 Å². The number of rotatable bonds is 3. The van der Waals surface area contributed by atoms with Crippen LogP contribution in [-0.2, 0) is 9.53 Å². The van der Waals surface area contributed by atoms with Crippen LogP contribution in [0.25, 0.3) is 0 Å². The number of carbonyl (C=O) groups excluding carboxylic acids is 2. The maximum absolute atomic E-state index is 12.4. The van der Waals surface area contributed by atoms with Crippen LogP contribution in [0.3, 0.4) is 0 Å². The quantitative estimate of drug-likeness (QED) is 0.661. The van der Waals surface area contributed by atoms with Crippen molar-refractivity contribution in [1.29, 1.82) is 0 Å². The Balaban J connectivity index is 1.97. The second-order valence-electron chi connectivity index (χ2n) is 4.85. The summed E-state index contributed by atoms with van der Waals surface area (Å²) in [5, 5.41) is 0.380. The van der Waals surface area contributed by atoms with E-state index in [9.17, 15) is 9.59 Å². The SMILES string of the molecule is COC(=O)CN1CCN(C(=O)c2cccc(Cl)c2N)CC1. The maximum atomic E-state index is 12.4. The van der Waals surface area contributed by atoms with Gasteiger partial charge in [0.2, 0.25) is 0 Å². The Kier molecular flexibility index (Phi) is 5.03. The fourth-order valence-corrected chi connectivity index (χ4v) is 2.42. The van der Waals surface area contributed by atoms with E-state index in [1.807, 2.05) is 4.90 Å². The molecule has 1 aliphatic rings. The monoisotopic (exact) mass is 311 g/mol. The van der Waals surface area contributed by atoms with E-state index in [1.165, 1.54) is 7.11 Å². The van der Waals surface area contributed by atoms with E-state index in [4.69, 9.17) is 17.3 Å². The predicted molar refractivity (Wildman–Crippen MR) is 80.2 cm³/mol. The third-order valence-corrected chi connectivity index (χ3v) is 3.85. The number of esters is 1. The highest BCUT2D eigenvalue weighted by Crippen LogP contribution is 2.24. The number of carbonyl (C=O) groups is 2. The highest BCUT2D eigenvalue weighted by Gasteiger charge is 2.24. The Labute approximate surface area is 128 Å². The smallest absolute Gasteiger partial charge is 0.319 e. The second kappa shape index (κ2) is 6.78. The summed E-state index contributed by atoms with van der Waals surface area (Å²) in [6.45, 7) is 2.59. The van der Waals surface area contributed by atoms with E-state index < -0.39 is 0 Å². The zero-order valence-corrected chi connectivity index (χ0v) is 12.6. The van der Waals surface area contributed by atoms with Gasteiger partial charge in [0, 0.05) is 26.2 Å². The Morgan fingerprint density at radius 3 is 2.57 bits per heavy atom. The van der Waals surface area contributed by atoms with Crippen LogP contribution in [0.4, 0.5) is 5.69 Å². The first-order chi connectivity index (χ1) is 10.0. The van der Waals surface area contributed by atoms with Gasteiger partial charge in [0.1, 0.15) is 0 Å². The molecule has 7 heteroatoms. The number of amides is 1. The molecule has 1 amide bonds. The molecule has 0 bridgehead atoms. The minimum absolute atomic E-state index is 0.132. The van der Waals surface area contributed by atoms with Crippen LogP contribution in [0.15, 0.2) is 18.2 Å². The Bertz CT molecular complexity index is 542. The molecular weight excluding hydrogens is 294 g/mol. The van der Waals surface area contributed by atoms with E-state index in [0.717, 1.165) is 0 Å².